The minimum atomic E-state index is -0.533. The molecule has 2 aromatic rings. The van der Waals surface area contributed by atoms with E-state index < -0.39 is 6.10 Å². The molecule has 0 fully saturated rings. The summed E-state index contributed by atoms with van der Waals surface area (Å²) in [6, 6.07) is 16.4. The monoisotopic (exact) mass is 253 g/mol. The van der Waals surface area contributed by atoms with Gasteiger partial charge in [0.15, 0.2) is 0 Å². The van der Waals surface area contributed by atoms with Gasteiger partial charge in [-0.25, -0.2) is 0 Å². The molecule has 3 nitrogen and oxygen atoms in total. The second-order valence-corrected chi connectivity index (χ2v) is 4.20. The summed E-state index contributed by atoms with van der Waals surface area (Å²) in [6.07, 6.45) is 0.0999. The number of hydrogen-bond acceptors (Lipinski definition) is 3. The number of nitrogens with zero attached hydrogens (tertiary/aromatic N) is 1. The molecule has 0 saturated heterocycles. The van der Waals surface area contributed by atoms with E-state index in [0.717, 1.165) is 5.56 Å². The third-order valence-corrected chi connectivity index (χ3v) is 2.88. The molecule has 0 radical (unpaired) electrons. The number of ether oxygens (including phenoxy) is 1. The van der Waals surface area contributed by atoms with E-state index >= 15 is 0 Å². The van der Waals surface area contributed by atoms with E-state index in [1.165, 1.54) is 0 Å². The summed E-state index contributed by atoms with van der Waals surface area (Å²) >= 11 is 0. The van der Waals surface area contributed by atoms with Crippen molar-refractivity contribution in [3.8, 4) is 17.6 Å². The van der Waals surface area contributed by atoms with Crippen LogP contribution in [0.2, 0.25) is 0 Å². The average Bonchev–Trinajstić information content (AvgIpc) is 2.48. The lowest BCUT2D eigenvalue weighted by Crippen LogP contribution is -1.98. The Morgan fingerprint density at radius 1 is 1.16 bits per heavy atom. The van der Waals surface area contributed by atoms with Gasteiger partial charge in [-0.1, -0.05) is 25.1 Å². The molecule has 0 aliphatic carbocycles. The van der Waals surface area contributed by atoms with E-state index in [1.807, 2.05) is 31.2 Å². The number of hydrogen-bond donors (Lipinski definition) is 1. The molecule has 0 bridgehead atoms. The van der Waals surface area contributed by atoms with Crippen molar-refractivity contribution in [2.24, 2.45) is 0 Å². The molecule has 0 aliphatic heterocycles. The smallest absolute Gasteiger partial charge is 0.133 e. The Hall–Kier alpha value is -2.31. The molecule has 3 heteroatoms. The normalized spacial score (nSPS) is 11.6. The van der Waals surface area contributed by atoms with E-state index in [9.17, 15) is 5.11 Å². The Labute approximate surface area is 112 Å². The van der Waals surface area contributed by atoms with Gasteiger partial charge in [0.25, 0.3) is 0 Å². The third kappa shape index (κ3) is 3.12. The summed E-state index contributed by atoms with van der Waals surface area (Å²) in [7, 11) is 0. The van der Waals surface area contributed by atoms with Gasteiger partial charge in [0.2, 0.25) is 0 Å². The van der Waals surface area contributed by atoms with Gasteiger partial charge in [0.1, 0.15) is 11.5 Å². The number of aliphatic hydroxyl groups is 1. The van der Waals surface area contributed by atoms with E-state index in [4.69, 9.17) is 10.00 Å². The van der Waals surface area contributed by atoms with Crippen molar-refractivity contribution in [1.82, 2.24) is 0 Å². The minimum absolute atomic E-state index is 0.533. The molecule has 2 aromatic carbocycles. The zero-order valence-corrected chi connectivity index (χ0v) is 10.7. The molecule has 0 unspecified atom stereocenters. The summed E-state index contributed by atoms with van der Waals surface area (Å²) in [5.74, 6) is 1.29. The van der Waals surface area contributed by atoms with Crippen LogP contribution in [0.25, 0.3) is 0 Å². The van der Waals surface area contributed by atoms with E-state index in [1.54, 1.807) is 24.3 Å². The highest BCUT2D eigenvalue weighted by molar-refractivity contribution is 5.41. The van der Waals surface area contributed by atoms with Gasteiger partial charge in [-0.2, -0.15) is 5.26 Å². The molecule has 1 N–H and O–H groups in total. The van der Waals surface area contributed by atoms with Gasteiger partial charge in [-0.15, -0.1) is 0 Å². The minimum Gasteiger partial charge on any atom is -0.457 e. The van der Waals surface area contributed by atoms with Crippen molar-refractivity contribution in [2.75, 3.05) is 0 Å². The lowest BCUT2D eigenvalue weighted by Gasteiger charge is -2.14. The van der Waals surface area contributed by atoms with E-state index in [2.05, 4.69) is 6.07 Å². The highest BCUT2D eigenvalue weighted by Crippen LogP contribution is 2.30. The fourth-order valence-corrected chi connectivity index (χ4v) is 1.79. The third-order valence-electron chi connectivity index (χ3n) is 2.88. The summed E-state index contributed by atoms with van der Waals surface area (Å²) in [5, 5.41) is 18.7. The molecule has 0 saturated carbocycles. The van der Waals surface area contributed by atoms with Crippen LogP contribution >= 0.6 is 0 Å². The Balaban J connectivity index is 2.25. The highest BCUT2D eigenvalue weighted by atomic mass is 16.5. The Kier molecular flexibility index (Phi) is 4.17. The molecule has 2 rings (SSSR count). The van der Waals surface area contributed by atoms with Crippen molar-refractivity contribution < 1.29 is 9.84 Å². The first kappa shape index (κ1) is 13.1. The van der Waals surface area contributed by atoms with E-state index in [-0.39, 0.29) is 0 Å². The fourth-order valence-electron chi connectivity index (χ4n) is 1.79. The Bertz CT molecular complexity index is 584. The molecule has 0 aliphatic rings. The Morgan fingerprint density at radius 2 is 1.84 bits per heavy atom. The Morgan fingerprint density at radius 3 is 2.47 bits per heavy atom. The van der Waals surface area contributed by atoms with E-state index in [0.29, 0.717) is 23.5 Å². The lowest BCUT2D eigenvalue weighted by molar-refractivity contribution is 0.170. The number of para-hydroxylation sites is 1. The molecule has 0 spiro atoms. The first-order valence-corrected chi connectivity index (χ1v) is 6.19. The van der Waals surface area contributed by atoms with Gasteiger partial charge in [-0.05, 0) is 36.8 Å². The van der Waals surface area contributed by atoms with Gasteiger partial charge >= 0.3 is 0 Å². The second-order valence-electron chi connectivity index (χ2n) is 4.20. The largest absolute Gasteiger partial charge is 0.457 e. The maximum absolute atomic E-state index is 9.95. The van der Waals surface area contributed by atoms with Gasteiger partial charge in [-0.3, -0.25) is 0 Å². The van der Waals surface area contributed by atoms with Crippen LogP contribution < -0.4 is 4.74 Å². The van der Waals surface area contributed by atoms with Crippen LogP contribution in [0.5, 0.6) is 11.5 Å². The van der Waals surface area contributed by atoms with Crippen molar-refractivity contribution in [2.45, 2.75) is 19.4 Å². The van der Waals surface area contributed by atoms with Crippen molar-refractivity contribution in [1.29, 1.82) is 5.26 Å². The summed E-state index contributed by atoms with van der Waals surface area (Å²) in [6.45, 7) is 1.92. The highest BCUT2D eigenvalue weighted by Gasteiger charge is 2.11. The standard InChI is InChI=1S/C16H15NO2/c1-2-15(18)14-5-3-4-6-16(14)19-13-9-7-12(11-17)8-10-13/h3-10,15,18H,2H2,1H3/t15-/m1/s1. The average molecular weight is 253 g/mol. The SMILES string of the molecule is CC[C@@H](O)c1ccccc1Oc1ccc(C#N)cc1. The predicted octanol–water partition coefficient (Wildman–Crippen LogP) is 3.79. The van der Waals surface area contributed by atoms with Crippen LogP contribution in [-0.2, 0) is 0 Å². The fraction of sp³-hybridized carbons (Fsp3) is 0.188. The summed E-state index contributed by atoms with van der Waals surface area (Å²) < 4.78 is 5.76. The molecular formula is C16H15NO2. The topological polar surface area (TPSA) is 53.2 Å². The van der Waals surface area contributed by atoms with Crippen LogP contribution in [0.15, 0.2) is 48.5 Å². The number of benzene rings is 2. The molecule has 96 valence electrons. The van der Waals surface area contributed by atoms with Crippen molar-refractivity contribution in [3.63, 3.8) is 0 Å². The molecule has 19 heavy (non-hydrogen) atoms. The van der Waals surface area contributed by atoms with Gasteiger partial charge in [0.05, 0.1) is 17.7 Å². The van der Waals surface area contributed by atoms with Gasteiger partial charge < -0.3 is 9.84 Å². The van der Waals surface area contributed by atoms with Crippen LogP contribution in [0, 0.1) is 11.3 Å². The number of rotatable bonds is 4. The second kappa shape index (κ2) is 6.03. The predicted molar refractivity (Wildman–Crippen MR) is 72.9 cm³/mol. The molecule has 0 heterocycles. The number of nitriles is 1. The zero-order valence-electron chi connectivity index (χ0n) is 10.7. The summed E-state index contributed by atoms with van der Waals surface area (Å²) in [5.41, 5.74) is 1.36. The van der Waals surface area contributed by atoms with Gasteiger partial charge in [0, 0.05) is 5.56 Å². The zero-order chi connectivity index (χ0) is 13.7. The molecule has 0 aromatic heterocycles. The van der Waals surface area contributed by atoms with Crippen LogP contribution in [-0.4, -0.2) is 5.11 Å². The van der Waals surface area contributed by atoms with Crippen LogP contribution in [0.1, 0.15) is 30.6 Å². The summed E-state index contributed by atoms with van der Waals surface area (Å²) in [4.78, 5) is 0. The molecule has 0 amide bonds. The van der Waals surface area contributed by atoms with Crippen LogP contribution in [0.4, 0.5) is 0 Å². The molecule has 1 atom stereocenters. The number of aliphatic hydroxyl groups excluding tert-OH is 1. The molecular weight excluding hydrogens is 238 g/mol. The van der Waals surface area contributed by atoms with Crippen molar-refractivity contribution >= 4 is 0 Å². The first-order valence-electron chi connectivity index (χ1n) is 6.19. The lowest BCUT2D eigenvalue weighted by atomic mass is 10.1. The maximum Gasteiger partial charge on any atom is 0.133 e. The van der Waals surface area contributed by atoms with Crippen molar-refractivity contribution in [3.05, 3.63) is 59.7 Å². The maximum atomic E-state index is 9.95. The van der Waals surface area contributed by atoms with Crippen LogP contribution in [0.3, 0.4) is 0 Å². The quantitative estimate of drug-likeness (QED) is 0.901. The first-order chi connectivity index (χ1) is 9.24.